The molecule has 24 heavy (non-hydrogen) atoms. The van der Waals surface area contributed by atoms with Crippen molar-refractivity contribution in [3.63, 3.8) is 0 Å². The van der Waals surface area contributed by atoms with Gasteiger partial charge in [-0.2, -0.15) is 0 Å². The van der Waals surface area contributed by atoms with Gasteiger partial charge in [-0.3, -0.25) is 0 Å². The van der Waals surface area contributed by atoms with Crippen LogP contribution in [0.25, 0.3) is 0 Å². The highest BCUT2D eigenvalue weighted by atomic mass is 14.6. The van der Waals surface area contributed by atoms with E-state index in [-0.39, 0.29) is 0 Å². The molecule has 0 saturated heterocycles. The maximum atomic E-state index is 5.74. The number of hydrogen-bond donors (Lipinski definition) is 1. The van der Waals surface area contributed by atoms with Crippen molar-refractivity contribution in [2.45, 2.75) is 97.3 Å². The molecular weight excluding hydrogens is 290 g/mol. The van der Waals surface area contributed by atoms with Gasteiger partial charge >= 0.3 is 0 Å². The normalized spacial score (nSPS) is 50.9. The van der Waals surface area contributed by atoms with Crippen molar-refractivity contribution in [2.75, 3.05) is 6.54 Å². The molecule has 4 rings (SSSR count). The fourth-order valence-electron chi connectivity index (χ4n) is 8.41. The summed E-state index contributed by atoms with van der Waals surface area (Å²) in [4.78, 5) is 0. The van der Waals surface area contributed by atoms with Crippen LogP contribution in [-0.2, 0) is 0 Å². The van der Waals surface area contributed by atoms with Crippen LogP contribution in [0.3, 0.4) is 0 Å². The van der Waals surface area contributed by atoms with E-state index in [4.69, 9.17) is 5.73 Å². The van der Waals surface area contributed by atoms with Gasteiger partial charge in [0, 0.05) is 0 Å². The SMILES string of the molecule is CC12CCCCC1CCC1C2CCC2(C)C1CC[C@@H]2CCCCN. The van der Waals surface area contributed by atoms with Crippen LogP contribution in [0.1, 0.15) is 97.3 Å². The van der Waals surface area contributed by atoms with Gasteiger partial charge in [-0.15, -0.1) is 0 Å². The Morgan fingerprint density at radius 2 is 1.62 bits per heavy atom. The van der Waals surface area contributed by atoms with Gasteiger partial charge in [0.2, 0.25) is 0 Å². The van der Waals surface area contributed by atoms with Crippen molar-refractivity contribution in [1.29, 1.82) is 0 Å². The van der Waals surface area contributed by atoms with Crippen molar-refractivity contribution >= 4 is 0 Å². The van der Waals surface area contributed by atoms with Crippen molar-refractivity contribution < 1.29 is 0 Å². The number of rotatable bonds is 4. The van der Waals surface area contributed by atoms with E-state index in [0.29, 0.717) is 10.8 Å². The predicted molar refractivity (Wildman–Crippen MR) is 103 cm³/mol. The van der Waals surface area contributed by atoms with Gasteiger partial charge in [-0.1, -0.05) is 33.1 Å². The highest BCUT2D eigenvalue weighted by molar-refractivity contribution is 5.08. The second kappa shape index (κ2) is 6.60. The molecule has 0 bridgehead atoms. The first-order valence-corrected chi connectivity index (χ1v) is 11.3. The van der Waals surface area contributed by atoms with E-state index in [9.17, 15) is 0 Å². The first-order valence-electron chi connectivity index (χ1n) is 11.3. The Kier molecular flexibility index (Phi) is 4.78. The average Bonchev–Trinajstić information content (AvgIpc) is 2.91. The third-order valence-corrected chi connectivity index (χ3v) is 9.79. The molecule has 6 unspecified atom stereocenters. The van der Waals surface area contributed by atoms with E-state index in [1.807, 2.05) is 0 Å². The third-order valence-electron chi connectivity index (χ3n) is 9.79. The number of unbranched alkanes of at least 4 members (excludes halogenated alkanes) is 1. The molecule has 0 spiro atoms. The number of hydrogen-bond acceptors (Lipinski definition) is 1. The van der Waals surface area contributed by atoms with Gasteiger partial charge in [0.1, 0.15) is 0 Å². The highest BCUT2D eigenvalue weighted by Crippen LogP contribution is 2.67. The second-order valence-corrected chi connectivity index (χ2v) is 10.5. The standard InChI is InChI=1S/C23H41N/c1-22-14-5-3-7-17(22)9-11-19-20-12-10-18(8-4-6-16-24)23(20,2)15-13-21(19)22/h17-21H,3-16,24H2,1-2H3/t17?,18-,19?,20?,21?,22?,23?/m0/s1. The van der Waals surface area contributed by atoms with Gasteiger partial charge in [-0.25, -0.2) is 0 Å². The van der Waals surface area contributed by atoms with Crippen LogP contribution in [0, 0.1) is 40.4 Å². The van der Waals surface area contributed by atoms with E-state index < -0.39 is 0 Å². The Morgan fingerprint density at radius 1 is 0.792 bits per heavy atom. The molecule has 4 aliphatic carbocycles. The van der Waals surface area contributed by atoms with E-state index in [2.05, 4.69) is 13.8 Å². The zero-order valence-electron chi connectivity index (χ0n) is 16.4. The van der Waals surface area contributed by atoms with Crippen LogP contribution in [0.4, 0.5) is 0 Å². The van der Waals surface area contributed by atoms with Gasteiger partial charge in [0.25, 0.3) is 0 Å². The summed E-state index contributed by atoms with van der Waals surface area (Å²) < 4.78 is 0. The number of nitrogens with two attached hydrogens (primary N) is 1. The Balaban J connectivity index is 1.51. The molecule has 2 N–H and O–H groups in total. The van der Waals surface area contributed by atoms with E-state index in [0.717, 1.165) is 36.1 Å². The molecule has 1 heteroatoms. The van der Waals surface area contributed by atoms with Crippen LogP contribution in [0.5, 0.6) is 0 Å². The molecule has 0 aromatic heterocycles. The monoisotopic (exact) mass is 331 g/mol. The predicted octanol–water partition coefficient (Wildman–Crippen LogP) is 6.16. The lowest BCUT2D eigenvalue weighted by atomic mass is 9.45. The lowest BCUT2D eigenvalue weighted by molar-refractivity contribution is -0.111. The fraction of sp³-hybridized carbons (Fsp3) is 1.00. The summed E-state index contributed by atoms with van der Waals surface area (Å²) in [5.41, 5.74) is 7.12. The smallest absolute Gasteiger partial charge is 0.00773 e. The van der Waals surface area contributed by atoms with Crippen LogP contribution in [0.2, 0.25) is 0 Å². The van der Waals surface area contributed by atoms with Crippen LogP contribution >= 0.6 is 0 Å². The topological polar surface area (TPSA) is 26.0 Å². The second-order valence-electron chi connectivity index (χ2n) is 10.5. The molecule has 0 aromatic carbocycles. The van der Waals surface area contributed by atoms with Crippen molar-refractivity contribution in [2.24, 2.45) is 46.2 Å². The lowest BCUT2D eigenvalue weighted by Crippen LogP contribution is -2.52. The maximum absolute atomic E-state index is 5.74. The lowest BCUT2D eigenvalue weighted by Gasteiger charge is -2.60. The van der Waals surface area contributed by atoms with Crippen molar-refractivity contribution in [3.8, 4) is 0 Å². The largest absolute Gasteiger partial charge is 0.330 e. The molecule has 0 aliphatic heterocycles. The Hall–Kier alpha value is -0.0400. The minimum Gasteiger partial charge on any atom is -0.330 e. The Labute approximate surface area is 150 Å². The molecular formula is C23H41N. The molecule has 4 saturated carbocycles. The summed E-state index contributed by atoms with van der Waals surface area (Å²) in [6, 6.07) is 0. The van der Waals surface area contributed by atoms with E-state index in [1.54, 1.807) is 38.5 Å². The average molecular weight is 332 g/mol. The first-order chi connectivity index (χ1) is 11.6. The van der Waals surface area contributed by atoms with Gasteiger partial charge in [-0.05, 0) is 111 Å². The van der Waals surface area contributed by atoms with Crippen molar-refractivity contribution in [1.82, 2.24) is 0 Å². The van der Waals surface area contributed by atoms with E-state index >= 15 is 0 Å². The molecule has 0 heterocycles. The molecule has 7 atom stereocenters. The molecule has 1 nitrogen and oxygen atoms in total. The third kappa shape index (κ3) is 2.60. The maximum Gasteiger partial charge on any atom is -0.00773 e. The molecule has 4 aliphatic rings. The molecule has 4 fully saturated rings. The van der Waals surface area contributed by atoms with Gasteiger partial charge < -0.3 is 5.73 Å². The minimum atomic E-state index is 0.674. The fourth-order valence-corrected chi connectivity index (χ4v) is 8.41. The van der Waals surface area contributed by atoms with Crippen LogP contribution in [-0.4, -0.2) is 6.54 Å². The van der Waals surface area contributed by atoms with Gasteiger partial charge in [0.05, 0.1) is 0 Å². The molecule has 0 radical (unpaired) electrons. The first kappa shape index (κ1) is 17.4. The van der Waals surface area contributed by atoms with Crippen molar-refractivity contribution in [3.05, 3.63) is 0 Å². The Bertz CT molecular complexity index is 445. The number of fused-ring (bicyclic) bond motifs is 5. The Morgan fingerprint density at radius 3 is 2.46 bits per heavy atom. The minimum absolute atomic E-state index is 0.674. The summed E-state index contributed by atoms with van der Waals surface area (Å²) in [6.45, 7) is 6.30. The quantitative estimate of drug-likeness (QED) is 0.613. The van der Waals surface area contributed by atoms with Crippen LogP contribution in [0.15, 0.2) is 0 Å². The highest BCUT2D eigenvalue weighted by Gasteiger charge is 2.59. The summed E-state index contributed by atoms with van der Waals surface area (Å²) in [5, 5.41) is 0. The van der Waals surface area contributed by atoms with Gasteiger partial charge in [0.15, 0.2) is 0 Å². The van der Waals surface area contributed by atoms with E-state index in [1.165, 1.54) is 44.9 Å². The summed E-state index contributed by atoms with van der Waals surface area (Å²) in [6.07, 6.45) is 19.5. The molecule has 0 aromatic rings. The zero-order valence-corrected chi connectivity index (χ0v) is 16.4. The molecule has 138 valence electrons. The summed E-state index contributed by atoms with van der Waals surface area (Å²) in [5.74, 6) is 5.27. The summed E-state index contributed by atoms with van der Waals surface area (Å²) >= 11 is 0. The van der Waals surface area contributed by atoms with Crippen LogP contribution < -0.4 is 5.73 Å². The molecule has 0 amide bonds. The summed E-state index contributed by atoms with van der Waals surface area (Å²) in [7, 11) is 0. The zero-order chi connectivity index (χ0) is 16.8.